The van der Waals surface area contributed by atoms with E-state index in [1.54, 1.807) is 7.11 Å². The maximum Gasteiger partial charge on any atom is 0.174 e. The number of rotatable bonds is 6. The van der Waals surface area contributed by atoms with Gasteiger partial charge in [-0.2, -0.15) is 0 Å². The highest BCUT2D eigenvalue weighted by atomic mass is 127. The van der Waals surface area contributed by atoms with Gasteiger partial charge in [0.25, 0.3) is 0 Å². The molecule has 0 saturated heterocycles. The number of nitrogens with zero attached hydrogens (tertiary/aromatic N) is 1. The minimum Gasteiger partial charge on any atom is -0.492 e. The highest BCUT2D eigenvalue weighted by Crippen LogP contribution is 2.49. The van der Waals surface area contributed by atoms with Crippen LogP contribution in [0.25, 0.3) is 0 Å². The molecule has 5 heteroatoms. The second-order valence-electron chi connectivity index (χ2n) is 8.38. The molecule has 1 aliphatic carbocycles. The average molecular weight is 550 g/mol. The number of hydrogen-bond acceptors (Lipinski definition) is 4. The smallest absolute Gasteiger partial charge is 0.174 e. The van der Waals surface area contributed by atoms with Crippen LogP contribution in [0.2, 0.25) is 0 Å². The Balaban J connectivity index is 1.36. The van der Waals surface area contributed by atoms with E-state index in [9.17, 15) is 0 Å². The van der Waals surface area contributed by atoms with Gasteiger partial charge in [-0.15, -0.1) is 0 Å². The fraction of sp³-hybridized carbons (Fsp3) is 0.250. The first-order valence-corrected chi connectivity index (χ1v) is 12.4. The van der Waals surface area contributed by atoms with Crippen LogP contribution in [-0.2, 0) is 0 Å². The standard InChI is InChI=1S/C28H27IN2O2/c1-3-33-26-16-18(15-24(29)28(26)32-2)17-30-20-13-11-19(12-14-20)27-23-9-6-8-21(23)22-7-4-5-10-25(22)31-27/h4-8,10-17,21,23,27,31H,3,9H2,1-2H3/t21-,23+,27+/m1/s1. The molecular formula is C28H27IN2O2. The number of hydrogen-bond donors (Lipinski definition) is 1. The van der Waals surface area contributed by atoms with Crippen LogP contribution in [0.4, 0.5) is 11.4 Å². The number of aliphatic imine (C=N–C) groups is 1. The molecule has 1 aliphatic heterocycles. The van der Waals surface area contributed by atoms with Crippen molar-refractivity contribution in [1.29, 1.82) is 0 Å². The Morgan fingerprint density at radius 3 is 2.73 bits per heavy atom. The molecule has 0 amide bonds. The van der Waals surface area contributed by atoms with E-state index in [4.69, 9.17) is 14.5 Å². The molecule has 33 heavy (non-hydrogen) atoms. The third kappa shape index (κ3) is 4.38. The fourth-order valence-electron chi connectivity index (χ4n) is 4.91. The van der Waals surface area contributed by atoms with Gasteiger partial charge in [0.05, 0.1) is 29.0 Å². The molecule has 0 radical (unpaired) electrons. The van der Waals surface area contributed by atoms with Crippen LogP contribution in [0.15, 0.2) is 77.8 Å². The third-order valence-electron chi connectivity index (χ3n) is 6.42. The molecule has 3 aromatic carbocycles. The van der Waals surface area contributed by atoms with Crippen LogP contribution in [0.5, 0.6) is 11.5 Å². The highest BCUT2D eigenvalue weighted by Gasteiger charge is 2.37. The topological polar surface area (TPSA) is 42.8 Å². The van der Waals surface area contributed by atoms with E-state index < -0.39 is 0 Å². The molecule has 0 spiro atoms. The van der Waals surface area contributed by atoms with Gasteiger partial charge in [0.2, 0.25) is 0 Å². The second-order valence-corrected chi connectivity index (χ2v) is 9.54. The van der Waals surface area contributed by atoms with Crippen molar-refractivity contribution < 1.29 is 9.47 Å². The summed E-state index contributed by atoms with van der Waals surface area (Å²) in [6.07, 6.45) is 7.69. The molecule has 2 aliphatic rings. The van der Waals surface area contributed by atoms with Crippen LogP contribution >= 0.6 is 22.6 Å². The lowest BCUT2D eigenvalue weighted by Gasteiger charge is -2.37. The van der Waals surface area contributed by atoms with E-state index in [0.717, 1.165) is 32.7 Å². The van der Waals surface area contributed by atoms with Crippen molar-refractivity contribution in [1.82, 2.24) is 0 Å². The zero-order valence-electron chi connectivity index (χ0n) is 18.8. The van der Waals surface area contributed by atoms with Gasteiger partial charge in [0.15, 0.2) is 11.5 Å². The van der Waals surface area contributed by atoms with Crippen molar-refractivity contribution in [2.75, 3.05) is 19.0 Å². The number of fused-ring (bicyclic) bond motifs is 3. The van der Waals surface area contributed by atoms with Gasteiger partial charge in [0.1, 0.15) is 0 Å². The summed E-state index contributed by atoms with van der Waals surface area (Å²) in [5.41, 5.74) is 5.88. The first kappa shape index (κ1) is 22.0. The summed E-state index contributed by atoms with van der Waals surface area (Å²) in [5.74, 6) is 2.54. The Bertz CT molecular complexity index is 1200. The van der Waals surface area contributed by atoms with Gasteiger partial charge in [0, 0.05) is 17.8 Å². The molecular weight excluding hydrogens is 523 g/mol. The summed E-state index contributed by atoms with van der Waals surface area (Å²) in [7, 11) is 1.67. The van der Waals surface area contributed by atoms with Crippen LogP contribution in [0.3, 0.4) is 0 Å². The Labute approximate surface area is 208 Å². The summed E-state index contributed by atoms with van der Waals surface area (Å²) in [6, 6.07) is 21.6. The largest absolute Gasteiger partial charge is 0.492 e. The molecule has 0 bridgehead atoms. The van der Waals surface area contributed by atoms with Gasteiger partial charge < -0.3 is 14.8 Å². The van der Waals surface area contributed by atoms with E-state index in [1.165, 1.54) is 16.8 Å². The number of allylic oxidation sites excluding steroid dienone is 2. The van der Waals surface area contributed by atoms with Crippen LogP contribution in [0, 0.1) is 9.49 Å². The van der Waals surface area contributed by atoms with Crippen molar-refractivity contribution in [3.63, 3.8) is 0 Å². The third-order valence-corrected chi connectivity index (χ3v) is 7.22. The lowest BCUT2D eigenvalue weighted by Crippen LogP contribution is -2.28. The molecule has 1 heterocycles. The summed E-state index contributed by atoms with van der Waals surface area (Å²) in [5, 5.41) is 3.79. The SMILES string of the molecule is CCOc1cc(C=Nc2ccc([C@@H]3Nc4ccccc4[C@H]4C=CC[C@@H]43)cc2)cc(I)c1OC. The number of halogens is 1. The van der Waals surface area contributed by atoms with Crippen molar-refractivity contribution in [2.24, 2.45) is 10.9 Å². The molecule has 4 nitrogen and oxygen atoms in total. The zero-order valence-corrected chi connectivity index (χ0v) is 21.0. The zero-order chi connectivity index (χ0) is 22.8. The van der Waals surface area contributed by atoms with E-state index in [1.807, 2.05) is 19.2 Å². The molecule has 0 saturated carbocycles. The van der Waals surface area contributed by atoms with Crippen LogP contribution < -0.4 is 14.8 Å². The number of para-hydroxylation sites is 1. The average Bonchev–Trinajstić information content (AvgIpc) is 3.33. The molecule has 0 unspecified atom stereocenters. The van der Waals surface area contributed by atoms with E-state index >= 15 is 0 Å². The molecule has 3 aromatic rings. The van der Waals surface area contributed by atoms with E-state index in [-0.39, 0.29) is 0 Å². The molecule has 0 aromatic heterocycles. The van der Waals surface area contributed by atoms with Crippen molar-refractivity contribution in [3.05, 3.63) is 93.1 Å². The van der Waals surface area contributed by atoms with E-state index in [0.29, 0.717) is 24.5 Å². The summed E-state index contributed by atoms with van der Waals surface area (Å²) >= 11 is 2.27. The minimum atomic E-state index is 0.301. The second kappa shape index (κ2) is 9.59. The normalized spacial score (nSPS) is 20.9. The van der Waals surface area contributed by atoms with Crippen molar-refractivity contribution in [3.8, 4) is 11.5 Å². The Hall–Kier alpha value is -2.80. The minimum absolute atomic E-state index is 0.301. The molecule has 168 valence electrons. The van der Waals surface area contributed by atoms with E-state index in [2.05, 4.69) is 94.7 Å². The van der Waals surface area contributed by atoms with Gasteiger partial charge >= 0.3 is 0 Å². The highest BCUT2D eigenvalue weighted by molar-refractivity contribution is 14.1. The number of ether oxygens (including phenoxy) is 2. The monoisotopic (exact) mass is 550 g/mol. The fourth-order valence-corrected chi connectivity index (χ4v) is 5.76. The first-order chi connectivity index (χ1) is 16.2. The first-order valence-electron chi connectivity index (χ1n) is 11.3. The summed E-state index contributed by atoms with van der Waals surface area (Å²) in [4.78, 5) is 4.71. The van der Waals surface area contributed by atoms with Crippen molar-refractivity contribution in [2.45, 2.75) is 25.3 Å². The lowest BCUT2D eigenvalue weighted by atomic mass is 9.77. The van der Waals surface area contributed by atoms with Gasteiger partial charge in [-0.25, -0.2) is 0 Å². The molecule has 3 atom stereocenters. The quantitative estimate of drug-likeness (QED) is 0.199. The van der Waals surface area contributed by atoms with Gasteiger partial charge in [-0.05, 0) is 88.9 Å². The summed E-state index contributed by atoms with van der Waals surface area (Å²) in [6.45, 7) is 2.56. The Morgan fingerprint density at radius 2 is 1.94 bits per heavy atom. The van der Waals surface area contributed by atoms with Crippen LogP contribution in [0.1, 0.15) is 42.0 Å². The number of benzene rings is 3. The van der Waals surface area contributed by atoms with Crippen molar-refractivity contribution >= 4 is 40.2 Å². The summed E-state index contributed by atoms with van der Waals surface area (Å²) < 4.78 is 12.2. The molecule has 0 fully saturated rings. The Kier molecular flexibility index (Phi) is 6.40. The maximum atomic E-state index is 5.74. The van der Waals surface area contributed by atoms with Gasteiger partial charge in [-0.1, -0.05) is 42.5 Å². The number of nitrogens with one attached hydrogen (secondary N) is 1. The molecule has 5 rings (SSSR count). The number of anilines is 1. The predicted molar refractivity (Wildman–Crippen MR) is 143 cm³/mol. The number of methoxy groups -OCH3 is 1. The maximum absolute atomic E-state index is 5.74. The predicted octanol–water partition coefficient (Wildman–Crippen LogP) is 7.28. The van der Waals surface area contributed by atoms with Crippen LogP contribution in [-0.4, -0.2) is 19.9 Å². The van der Waals surface area contributed by atoms with Gasteiger partial charge in [-0.3, -0.25) is 4.99 Å². The lowest BCUT2D eigenvalue weighted by molar-refractivity contribution is 0.309. The molecule has 1 N–H and O–H groups in total. The Morgan fingerprint density at radius 1 is 1.12 bits per heavy atom.